The van der Waals surface area contributed by atoms with E-state index in [0.717, 1.165) is 25.3 Å². The number of fused-ring (bicyclic) bond motifs is 1. The van der Waals surface area contributed by atoms with E-state index in [2.05, 4.69) is 43.4 Å². The van der Waals surface area contributed by atoms with E-state index in [0.29, 0.717) is 23.8 Å². The van der Waals surface area contributed by atoms with Crippen molar-refractivity contribution in [1.82, 2.24) is 5.32 Å². The molecule has 1 unspecified atom stereocenters. The Balaban J connectivity index is 1.47. The highest BCUT2D eigenvalue weighted by molar-refractivity contribution is 6.43. The Morgan fingerprint density at radius 1 is 1.19 bits per heavy atom. The molecule has 7 heteroatoms. The van der Waals surface area contributed by atoms with Gasteiger partial charge in [-0.1, -0.05) is 47.5 Å². The zero-order valence-corrected chi connectivity index (χ0v) is 19.8. The van der Waals surface area contributed by atoms with Gasteiger partial charge in [-0.15, -0.1) is 0 Å². The Labute approximate surface area is 199 Å². The van der Waals surface area contributed by atoms with Crippen LogP contribution in [0.4, 0.5) is 0 Å². The Bertz CT molecular complexity index is 965. The lowest BCUT2D eigenvalue weighted by Crippen LogP contribution is -2.46. The van der Waals surface area contributed by atoms with Gasteiger partial charge in [0.05, 0.1) is 5.02 Å². The number of aliphatic hydroxyl groups is 1. The standard InChI is InChI=1S/C25H29Cl2NO4/c1-25(2,13-16-11-18-5-3-4-6-19(18)12-16)28-14-20(29)15-32-21-9-7-17(8-10-22(30)31)23(26)24(21)27/h3-10,16,20,28-29H,11-15H2,1-2H3,(H,30,31)/b10-8+. The lowest BCUT2D eigenvalue weighted by atomic mass is 9.88. The summed E-state index contributed by atoms with van der Waals surface area (Å²) in [5, 5.41) is 23.0. The number of rotatable bonds is 10. The Morgan fingerprint density at radius 3 is 2.47 bits per heavy atom. The molecule has 3 N–H and O–H groups in total. The smallest absolute Gasteiger partial charge is 0.328 e. The molecule has 1 aliphatic rings. The van der Waals surface area contributed by atoms with Crippen molar-refractivity contribution in [3.8, 4) is 5.75 Å². The lowest BCUT2D eigenvalue weighted by molar-refractivity contribution is -0.131. The van der Waals surface area contributed by atoms with Crippen LogP contribution in [-0.2, 0) is 17.6 Å². The van der Waals surface area contributed by atoms with Crippen molar-refractivity contribution in [3.05, 3.63) is 69.2 Å². The molecule has 0 bridgehead atoms. The molecule has 0 saturated carbocycles. The summed E-state index contributed by atoms with van der Waals surface area (Å²) < 4.78 is 5.65. The molecule has 0 aliphatic heterocycles. The van der Waals surface area contributed by atoms with E-state index in [9.17, 15) is 9.90 Å². The first kappa shape index (κ1) is 24.6. The molecule has 0 amide bonds. The van der Waals surface area contributed by atoms with Crippen molar-refractivity contribution in [1.29, 1.82) is 0 Å². The van der Waals surface area contributed by atoms with E-state index in [1.807, 2.05) is 0 Å². The number of halogens is 2. The van der Waals surface area contributed by atoms with Crippen LogP contribution in [-0.4, -0.2) is 41.0 Å². The number of aliphatic carboxylic acids is 1. The molecule has 0 spiro atoms. The average molecular weight is 478 g/mol. The van der Waals surface area contributed by atoms with E-state index >= 15 is 0 Å². The van der Waals surface area contributed by atoms with Crippen LogP contribution in [0.15, 0.2) is 42.5 Å². The van der Waals surface area contributed by atoms with Crippen LogP contribution >= 0.6 is 23.2 Å². The van der Waals surface area contributed by atoms with Crippen LogP contribution in [0.2, 0.25) is 10.0 Å². The fourth-order valence-corrected chi connectivity index (χ4v) is 4.62. The number of ether oxygens (including phenoxy) is 1. The van der Waals surface area contributed by atoms with Crippen molar-refractivity contribution in [2.45, 2.75) is 44.8 Å². The van der Waals surface area contributed by atoms with Gasteiger partial charge in [0, 0.05) is 18.2 Å². The van der Waals surface area contributed by atoms with Gasteiger partial charge in [-0.3, -0.25) is 0 Å². The molecular weight excluding hydrogens is 449 g/mol. The molecule has 0 saturated heterocycles. The minimum Gasteiger partial charge on any atom is -0.489 e. The second-order valence-electron chi connectivity index (χ2n) is 8.93. The number of aliphatic hydroxyl groups excluding tert-OH is 1. The summed E-state index contributed by atoms with van der Waals surface area (Å²) in [6.07, 6.45) is 4.84. The van der Waals surface area contributed by atoms with Gasteiger partial charge in [0.2, 0.25) is 0 Å². The maximum absolute atomic E-state index is 10.7. The van der Waals surface area contributed by atoms with Crippen LogP contribution in [0.1, 0.15) is 37.0 Å². The summed E-state index contributed by atoms with van der Waals surface area (Å²) in [5.74, 6) is -0.141. The van der Waals surface area contributed by atoms with Crippen molar-refractivity contribution >= 4 is 35.2 Å². The number of benzene rings is 2. The number of hydrogen-bond acceptors (Lipinski definition) is 4. The predicted molar refractivity (Wildman–Crippen MR) is 129 cm³/mol. The van der Waals surface area contributed by atoms with Gasteiger partial charge in [-0.05, 0) is 73.9 Å². The summed E-state index contributed by atoms with van der Waals surface area (Å²) in [5.41, 5.74) is 3.25. The molecule has 32 heavy (non-hydrogen) atoms. The van der Waals surface area contributed by atoms with Gasteiger partial charge in [0.25, 0.3) is 0 Å². The zero-order valence-electron chi connectivity index (χ0n) is 18.3. The summed E-state index contributed by atoms with van der Waals surface area (Å²) in [6.45, 7) is 4.75. The second-order valence-corrected chi connectivity index (χ2v) is 9.69. The van der Waals surface area contributed by atoms with Gasteiger partial charge in [-0.25, -0.2) is 4.79 Å². The topological polar surface area (TPSA) is 78.8 Å². The first-order chi connectivity index (χ1) is 15.1. The van der Waals surface area contributed by atoms with Crippen molar-refractivity contribution < 1.29 is 19.7 Å². The van der Waals surface area contributed by atoms with E-state index in [-0.39, 0.29) is 22.2 Å². The summed E-state index contributed by atoms with van der Waals surface area (Å²) in [4.78, 5) is 10.7. The van der Waals surface area contributed by atoms with Gasteiger partial charge >= 0.3 is 5.97 Å². The summed E-state index contributed by atoms with van der Waals surface area (Å²) in [7, 11) is 0. The fraction of sp³-hybridized carbons (Fsp3) is 0.400. The molecule has 0 fully saturated rings. The van der Waals surface area contributed by atoms with Crippen molar-refractivity contribution in [2.24, 2.45) is 5.92 Å². The minimum atomic E-state index is -1.08. The average Bonchev–Trinajstić information content (AvgIpc) is 3.14. The summed E-state index contributed by atoms with van der Waals surface area (Å²) >= 11 is 12.4. The summed E-state index contributed by atoms with van der Waals surface area (Å²) in [6, 6.07) is 11.8. The van der Waals surface area contributed by atoms with Gasteiger partial charge in [0.1, 0.15) is 23.5 Å². The van der Waals surface area contributed by atoms with E-state index in [4.69, 9.17) is 33.0 Å². The van der Waals surface area contributed by atoms with Crippen molar-refractivity contribution in [2.75, 3.05) is 13.2 Å². The largest absolute Gasteiger partial charge is 0.489 e. The third-order valence-electron chi connectivity index (χ3n) is 5.66. The molecule has 2 aromatic rings. The van der Waals surface area contributed by atoms with E-state index in [1.54, 1.807) is 12.1 Å². The second kappa shape index (κ2) is 10.7. The number of hydrogen-bond donors (Lipinski definition) is 3. The van der Waals surface area contributed by atoms with Gasteiger partial charge in [0.15, 0.2) is 0 Å². The molecule has 1 atom stereocenters. The molecular formula is C25H29Cl2NO4. The quantitative estimate of drug-likeness (QED) is 0.419. The molecule has 3 rings (SSSR count). The lowest BCUT2D eigenvalue weighted by Gasteiger charge is -2.30. The van der Waals surface area contributed by atoms with E-state index < -0.39 is 12.1 Å². The normalized spacial score (nSPS) is 15.2. The van der Waals surface area contributed by atoms with Gasteiger partial charge in [-0.2, -0.15) is 0 Å². The third kappa shape index (κ3) is 6.72. The first-order valence-corrected chi connectivity index (χ1v) is 11.4. The first-order valence-electron chi connectivity index (χ1n) is 10.7. The van der Waals surface area contributed by atoms with Crippen LogP contribution in [0.5, 0.6) is 5.75 Å². The van der Waals surface area contributed by atoms with Crippen molar-refractivity contribution in [3.63, 3.8) is 0 Å². The number of nitrogens with one attached hydrogen (secondary N) is 1. The number of carboxylic acids is 1. The molecule has 172 valence electrons. The van der Waals surface area contributed by atoms with Gasteiger partial charge < -0.3 is 20.3 Å². The molecule has 0 aromatic heterocycles. The predicted octanol–water partition coefficient (Wildman–Crippen LogP) is 5.00. The van der Waals surface area contributed by atoms with Crippen LogP contribution in [0.25, 0.3) is 6.08 Å². The molecule has 0 radical (unpaired) electrons. The van der Waals surface area contributed by atoms with Crippen LogP contribution in [0, 0.1) is 5.92 Å². The van der Waals surface area contributed by atoms with E-state index in [1.165, 1.54) is 17.2 Å². The third-order valence-corrected chi connectivity index (χ3v) is 6.54. The number of carbonyl (C=O) groups is 1. The molecule has 1 aliphatic carbocycles. The highest BCUT2D eigenvalue weighted by atomic mass is 35.5. The number of carboxylic acid groups (broad SMARTS) is 1. The van der Waals surface area contributed by atoms with Crippen LogP contribution < -0.4 is 10.1 Å². The minimum absolute atomic E-state index is 0.0539. The number of β-amino-alcohol motifs (C(OH)–C–C–N with tert-alkyl or cyclic N) is 1. The zero-order chi connectivity index (χ0) is 23.3. The van der Waals surface area contributed by atoms with Crippen LogP contribution in [0.3, 0.4) is 0 Å². The maximum Gasteiger partial charge on any atom is 0.328 e. The molecule has 0 heterocycles. The SMILES string of the molecule is CC(C)(CC1Cc2ccccc2C1)NCC(O)COc1ccc(/C=C/C(=O)O)c(Cl)c1Cl. The monoisotopic (exact) mass is 477 g/mol. The maximum atomic E-state index is 10.7. The molecule has 2 aromatic carbocycles. The Hall–Kier alpha value is -2.05. The Kier molecular flexibility index (Phi) is 8.23. The highest BCUT2D eigenvalue weighted by Crippen LogP contribution is 2.35. The molecule has 5 nitrogen and oxygen atoms in total. The highest BCUT2D eigenvalue weighted by Gasteiger charge is 2.28. The fourth-order valence-electron chi connectivity index (χ4n) is 4.18. The Morgan fingerprint density at radius 2 is 1.84 bits per heavy atom.